The molecule has 0 unspecified atom stereocenters. The van der Waals surface area contributed by atoms with Gasteiger partial charge in [0.25, 0.3) is 0 Å². The van der Waals surface area contributed by atoms with E-state index < -0.39 is 11.8 Å². The van der Waals surface area contributed by atoms with Gasteiger partial charge in [-0.2, -0.15) is 0 Å². The van der Waals surface area contributed by atoms with E-state index >= 15 is 0 Å². The number of pyridine rings is 1. The molecule has 0 fully saturated rings. The Balaban J connectivity index is 1.86. The number of carbonyl (C=O) groups excluding carboxylic acids is 1. The van der Waals surface area contributed by atoms with Gasteiger partial charge in [-0.1, -0.05) is 35.9 Å². The van der Waals surface area contributed by atoms with Crippen LogP contribution < -0.4 is 0 Å². The SMILES string of the molecule is Cc1cc(C(=O)OCc2ccc(F)cc2Cl)c2ccccc2n1. The van der Waals surface area contributed by atoms with Gasteiger partial charge in [0.05, 0.1) is 16.1 Å². The average molecular weight is 330 g/mol. The van der Waals surface area contributed by atoms with Crippen molar-refractivity contribution in [1.29, 1.82) is 0 Å². The molecule has 0 bridgehead atoms. The molecule has 5 heteroatoms. The average Bonchev–Trinajstić information content (AvgIpc) is 2.53. The zero-order valence-corrected chi connectivity index (χ0v) is 13.1. The summed E-state index contributed by atoms with van der Waals surface area (Å²) >= 11 is 5.94. The predicted molar refractivity (Wildman–Crippen MR) is 87.0 cm³/mol. The first-order valence-corrected chi connectivity index (χ1v) is 7.40. The number of benzene rings is 2. The molecule has 0 aliphatic carbocycles. The zero-order chi connectivity index (χ0) is 16.4. The Bertz CT molecular complexity index is 895. The van der Waals surface area contributed by atoms with Crippen molar-refractivity contribution in [2.24, 2.45) is 0 Å². The fourth-order valence-corrected chi connectivity index (χ4v) is 2.56. The van der Waals surface area contributed by atoms with Gasteiger partial charge >= 0.3 is 5.97 Å². The van der Waals surface area contributed by atoms with E-state index in [0.29, 0.717) is 11.1 Å². The second-order valence-corrected chi connectivity index (χ2v) is 5.55. The molecule has 116 valence electrons. The molecule has 2 aromatic carbocycles. The highest BCUT2D eigenvalue weighted by Crippen LogP contribution is 2.21. The lowest BCUT2D eigenvalue weighted by Crippen LogP contribution is -2.07. The van der Waals surface area contributed by atoms with Crippen LogP contribution in [0, 0.1) is 12.7 Å². The summed E-state index contributed by atoms with van der Waals surface area (Å²) < 4.78 is 18.4. The Hall–Kier alpha value is -2.46. The third kappa shape index (κ3) is 3.32. The lowest BCUT2D eigenvalue weighted by Gasteiger charge is -2.09. The largest absolute Gasteiger partial charge is 0.457 e. The van der Waals surface area contributed by atoms with Gasteiger partial charge < -0.3 is 4.74 Å². The number of aryl methyl sites for hydroxylation is 1. The number of halogens is 2. The maximum Gasteiger partial charge on any atom is 0.339 e. The molecule has 0 radical (unpaired) electrons. The van der Waals surface area contributed by atoms with Crippen molar-refractivity contribution in [3.63, 3.8) is 0 Å². The Morgan fingerprint density at radius 2 is 2.00 bits per heavy atom. The summed E-state index contributed by atoms with van der Waals surface area (Å²) in [6, 6.07) is 13.0. The maximum atomic E-state index is 13.0. The number of carbonyl (C=O) groups is 1. The quantitative estimate of drug-likeness (QED) is 0.654. The molecule has 0 spiro atoms. The summed E-state index contributed by atoms with van der Waals surface area (Å²) in [7, 11) is 0. The van der Waals surface area contributed by atoms with Crippen LogP contribution in [-0.4, -0.2) is 11.0 Å². The molecule has 0 aliphatic heterocycles. The number of rotatable bonds is 3. The summed E-state index contributed by atoms with van der Waals surface area (Å²) in [6.07, 6.45) is 0. The summed E-state index contributed by atoms with van der Waals surface area (Å²) in [5, 5.41) is 0.960. The Morgan fingerprint density at radius 1 is 1.22 bits per heavy atom. The smallest absolute Gasteiger partial charge is 0.339 e. The number of hydrogen-bond acceptors (Lipinski definition) is 3. The molecule has 0 aliphatic rings. The van der Waals surface area contributed by atoms with Crippen molar-refractivity contribution in [3.05, 3.63) is 76.2 Å². The Kier molecular flexibility index (Phi) is 4.26. The van der Waals surface area contributed by atoms with Crippen molar-refractivity contribution in [2.45, 2.75) is 13.5 Å². The summed E-state index contributed by atoms with van der Waals surface area (Å²) in [5.74, 6) is -0.895. The minimum absolute atomic E-state index is 0.0202. The lowest BCUT2D eigenvalue weighted by atomic mass is 10.1. The molecule has 0 N–H and O–H groups in total. The van der Waals surface area contributed by atoms with Crippen molar-refractivity contribution in [1.82, 2.24) is 4.98 Å². The highest BCUT2D eigenvalue weighted by Gasteiger charge is 2.14. The fourth-order valence-electron chi connectivity index (χ4n) is 2.34. The topological polar surface area (TPSA) is 39.2 Å². The molecule has 1 aromatic heterocycles. The van der Waals surface area contributed by atoms with E-state index in [0.717, 1.165) is 16.6 Å². The summed E-state index contributed by atoms with van der Waals surface area (Å²) in [5.41, 5.74) is 2.47. The number of para-hydroxylation sites is 1. The predicted octanol–water partition coefficient (Wildman–Crippen LogP) is 4.69. The second kappa shape index (κ2) is 6.34. The van der Waals surface area contributed by atoms with Crippen molar-refractivity contribution >= 4 is 28.5 Å². The minimum Gasteiger partial charge on any atom is -0.457 e. The lowest BCUT2D eigenvalue weighted by molar-refractivity contribution is 0.0475. The summed E-state index contributed by atoms with van der Waals surface area (Å²) in [4.78, 5) is 16.8. The number of hydrogen-bond donors (Lipinski definition) is 0. The van der Waals surface area contributed by atoms with Gasteiger partial charge in [-0.15, -0.1) is 0 Å². The van der Waals surface area contributed by atoms with Crippen LogP contribution in [0.25, 0.3) is 10.9 Å². The number of fused-ring (bicyclic) bond motifs is 1. The van der Waals surface area contributed by atoms with E-state index in [4.69, 9.17) is 16.3 Å². The monoisotopic (exact) mass is 329 g/mol. The number of esters is 1. The van der Waals surface area contributed by atoms with Crippen molar-refractivity contribution in [3.8, 4) is 0 Å². The summed E-state index contributed by atoms with van der Waals surface area (Å²) in [6.45, 7) is 1.80. The van der Waals surface area contributed by atoms with Gasteiger partial charge in [0, 0.05) is 16.6 Å². The van der Waals surface area contributed by atoms with Crippen LogP contribution in [0.15, 0.2) is 48.5 Å². The third-order valence-electron chi connectivity index (χ3n) is 3.44. The Labute approximate surface area is 137 Å². The molecule has 0 saturated carbocycles. The fraction of sp³-hybridized carbons (Fsp3) is 0.111. The first-order valence-electron chi connectivity index (χ1n) is 7.02. The molecule has 23 heavy (non-hydrogen) atoms. The molecule has 3 rings (SSSR count). The van der Waals surface area contributed by atoms with E-state index in [1.165, 1.54) is 18.2 Å². The van der Waals surface area contributed by atoms with Crippen LogP contribution in [-0.2, 0) is 11.3 Å². The normalized spacial score (nSPS) is 10.7. The van der Waals surface area contributed by atoms with E-state index in [2.05, 4.69) is 4.98 Å². The van der Waals surface area contributed by atoms with Crippen LogP contribution in [0.2, 0.25) is 5.02 Å². The van der Waals surface area contributed by atoms with Gasteiger partial charge in [-0.3, -0.25) is 4.98 Å². The highest BCUT2D eigenvalue weighted by atomic mass is 35.5. The first-order chi connectivity index (χ1) is 11.0. The highest BCUT2D eigenvalue weighted by molar-refractivity contribution is 6.31. The first kappa shape index (κ1) is 15.4. The second-order valence-electron chi connectivity index (χ2n) is 5.14. The van der Waals surface area contributed by atoms with Crippen molar-refractivity contribution < 1.29 is 13.9 Å². The number of ether oxygens (including phenoxy) is 1. The van der Waals surface area contributed by atoms with Gasteiger partial charge in [0.1, 0.15) is 12.4 Å². The number of nitrogens with zero attached hydrogens (tertiary/aromatic N) is 1. The van der Waals surface area contributed by atoms with Gasteiger partial charge in [0.2, 0.25) is 0 Å². The molecule has 0 amide bonds. The van der Waals surface area contributed by atoms with E-state index in [1.807, 2.05) is 31.2 Å². The number of aromatic nitrogens is 1. The van der Waals surface area contributed by atoms with Crippen LogP contribution in [0.5, 0.6) is 0 Å². The molecular weight excluding hydrogens is 317 g/mol. The van der Waals surface area contributed by atoms with E-state index in [9.17, 15) is 9.18 Å². The molecule has 3 aromatic rings. The van der Waals surface area contributed by atoms with Crippen LogP contribution in [0.1, 0.15) is 21.6 Å². The van der Waals surface area contributed by atoms with Gasteiger partial charge in [-0.25, -0.2) is 9.18 Å². The molecule has 0 atom stereocenters. The zero-order valence-electron chi connectivity index (χ0n) is 12.3. The van der Waals surface area contributed by atoms with Crippen LogP contribution in [0.4, 0.5) is 4.39 Å². The Morgan fingerprint density at radius 3 is 2.78 bits per heavy atom. The van der Waals surface area contributed by atoms with E-state index in [-0.39, 0.29) is 11.6 Å². The van der Waals surface area contributed by atoms with Crippen LogP contribution in [0.3, 0.4) is 0 Å². The standard InChI is InChI=1S/C18H13ClFNO2/c1-11-8-15(14-4-2-3-5-17(14)21-11)18(22)23-10-12-6-7-13(20)9-16(12)19/h2-9H,10H2,1H3. The molecule has 0 saturated heterocycles. The van der Waals surface area contributed by atoms with Crippen molar-refractivity contribution in [2.75, 3.05) is 0 Å². The van der Waals surface area contributed by atoms with Crippen LogP contribution >= 0.6 is 11.6 Å². The van der Waals surface area contributed by atoms with Gasteiger partial charge in [-0.05, 0) is 31.2 Å². The maximum absolute atomic E-state index is 13.0. The third-order valence-corrected chi connectivity index (χ3v) is 3.79. The molecule has 1 heterocycles. The van der Waals surface area contributed by atoms with Gasteiger partial charge in [0.15, 0.2) is 0 Å². The van der Waals surface area contributed by atoms with E-state index in [1.54, 1.807) is 6.07 Å². The molecular formula is C18H13ClFNO2. The molecule has 3 nitrogen and oxygen atoms in total. The minimum atomic E-state index is -0.466.